The molecule has 0 spiro atoms. The Kier molecular flexibility index (Phi) is 7.60. The average Bonchev–Trinajstić information content (AvgIpc) is 2.12. The molecule has 0 aromatic rings. The zero-order valence-corrected chi connectivity index (χ0v) is 8.75. The maximum atomic E-state index is 10.8. The van der Waals surface area contributed by atoms with Crippen LogP contribution in [0.25, 0.3) is 0 Å². The predicted molar refractivity (Wildman–Crippen MR) is 56.5 cm³/mol. The normalized spacial score (nSPS) is 13.5. The lowest BCUT2D eigenvalue weighted by Gasteiger charge is -2.06. The Balaban J connectivity index is 3.43. The minimum Gasteiger partial charge on any atom is -0.324 e. The third-order valence-corrected chi connectivity index (χ3v) is 2.11. The van der Waals surface area contributed by atoms with E-state index < -0.39 is 0 Å². The highest BCUT2D eigenvalue weighted by atomic mass is 16.1. The van der Waals surface area contributed by atoms with Gasteiger partial charge in [-0.2, -0.15) is 0 Å². The molecule has 0 rings (SSSR count). The summed E-state index contributed by atoms with van der Waals surface area (Å²) in [5.41, 5.74) is 5.16. The van der Waals surface area contributed by atoms with Crippen LogP contribution in [-0.2, 0) is 4.79 Å². The molecule has 0 aliphatic heterocycles. The van der Waals surface area contributed by atoms with Crippen molar-refractivity contribution >= 4 is 5.78 Å². The first kappa shape index (κ1) is 12.4. The lowest BCUT2D eigenvalue weighted by molar-refractivity contribution is -0.113. The van der Waals surface area contributed by atoms with Gasteiger partial charge in [-0.05, 0) is 24.8 Å². The highest BCUT2D eigenvalue weighted by Gasteiger charge is 1.98. The maximum absolute atomic E-state index is 10.8. The van der Waals surface area contributed by atoms with Crippen LogP contribution in [0.2, 0.25) is 0 Å². The standard InChI is InChI=1S/C11H21NO/c1-3-6-10(2)7-4-5-8-11(13)9-12/h5,8,10H,3-4,6-7,9,12H2,1-2H3/b8-5+. The van der Waals surface area contributed by atoms with Gasteiger partial charge in [0.25, 0.3) is 0 Å². The van der Waals surface area contributed by atoms with E-state index in [1.165, 1.54) is 19.3 Å². The van der Waals surface area contributed by atoms with Crippen LogP contribution in [0.1, 0.15) is 39.5 Å². The number of carbonyl (C=O) groups is 1. The summed E-state index contributed by atoms with van der Waals surface area (Å²) in [6.45, 7) is 4.58. The molecule has 0 bridgehead atoms. The van der Waals surface area contributed by atoms with Crippen LogP contribution in [-0.4, -0.2) is 12.3 Å². The SMILES string of the molecule is CCCC(C)CC/C=C/C(=O)CN. The number of ketones is 1. The van der Waals surface area contributed by atoms with E-state index in [1.54, 1.807) is 6.08 Å². The molecule has 0 heterocycles. The molecular formula is C11H21NO. The fourth-order valence-corrected chi connectivity index (χ4v) is 1.30. The van der Waals surface area contributed by atoms with Crippen molar-refractivity contribution in [2.45, 2.75) is 39.5 Å². The lowest BCUT2D eigenvalue weighted by atomic mass is 10.0. The first-order valence-corrected chi connectivity index (χ1v) is 5.10. The Hall–Kier alpha value is -0.630. The van der Waals surface area contributed by atoms with Gasteiger partial charge in [0.2, 0.25) is 0 Å². The Morgan fingerprint density at radius 2 is 2.15 bits per heavy atom. The second-order valence-corrected chi connectivity index (χ2v) is 3.54. The second-order valence-electron chi connectivity index (χ2n) is 3.54. The van der Waals surface area contributed by atoms with Crippen LogP contribution in [0.15, 0.2) is 12.2 Å². The summed E-state index contributed by atoms with van der Waals surface area (Å²) >= 11 is 0. The molecular weight excluding hydrogens is 162 g/mol. The largest absolute Gasteiger partial charge is 0.324 e. The molecule has 13 heavy (non-hydrogen) atoms. The predicted octanol–water partition coefficient (Wildman–Crippen LogP) is 2.29. The molecule has 2 N–H and O–H groups in total. The van der Waals surface area contributed by atoms with Crippen LogP contribution in [0.5, 0.6) is 0 Å². The van der Waals surface area contributed by atoms with Gasteiger partial charge in [0.1, 0.15) is 0 Å². The maximum Gasteiger partial charge on any atom is 0.168 e. The number of carbonyl (C=O) groups excluding carboxylic acids is 1. The molecule has 0 fully saturated rings. The number of hydrogen-bond donors (Lipinski definition) is 1. The fraction of sp³-hybridized carbons (Fsp3) is 0.727. The van der Waals surface area contributed by atoms with E-state index in [9.17, 15) is 4.79 Å². The highest BCUT2D eigenvalue weighted by molar-refractivity contribution is 5.91. The monoisotopic (exact) mass is 183 g/mol. The number of hydrogen-bond acceptors (Lipinski definition) is 2. The van der Waals surface area contributed by atoms with E-state index in [0.29, 0.717) is 0 Å². The number of nitrogens with two attached hydrogens (primary N) is 1. The van der Waals surface area contributed by atoms with Gasteiger partial charge in [-0.25, -0.2) is 0 Å². The van der Waals surface area contributed by atoms with E-state index in [2.05, 4.69) is 13.8 Å². The van der Waals surface area contributed by atoms with Crippen LogP contribution in [0.4, 0.5) is 0 Å². The quantitative estimate of drug-likeness (QED) is 0.615. The Bertz CT molecular complexity index is 163. The Morgan fingerprint density at radius 3 is 2.69 bits per heavy atom. The molecule has 0 saturated heterocycles. The van der Waals surface area contributed by atoms with E-state index in [4.69, 9.17) is 5.73 Å². The van der Waals surface area contributed by atoms with Gasteiger partial charge in [0, 0.05) is 0 Å². The number of rotatable bonds is 7. The van der Waals surface area contributed by atoms with Gasteiger partial charge in [-0.3, -0.25) is 4.79 Å². The number of allylic oxidation sites excluding steroid dienone is 1. The van der Waals surface area contributed by atoms with Gasteiger partial charge in [0.05, 0.1) is 6.54 Å². The van der Waals surface area contributed by atoms with Crippen molar-refractivity contribution < 1.29 is 4.79 Å². The molecule has 1 unspecified atom stereocenters. The smallest absolute Gasteiger partial charge is 0.168 e. The fourth-order valence-electron chi connectivity index (χ4n) is 1.30. The molecule has 1 atom stereocenters. The Morgan fingerprint density at radius 1 is 1.46 bits per heavy atom. The van der Waals surface area contributed by atoms with Crippen molar-refractivity contribution in [3.8, 4) is 0 Å². The molecule has 0 aliphatic carbocycles. The van der Waals surface area contributed by atoms with Crippen molar-refractivity contribution in [2.24, 2.45) is 11.7 Å². The third-order valence-electron chi connectivity index (χ3n) is 2.11. The van der Waals surface area contributed by atoms with Crippen molar-refractivity contribution in [1.82, 2.24) is 0 Å². The van der Waals surface area contributed by atoms with Gasteiger partial charge in [0.15, 0.2) is 5.78 Å². The van der Waals surface area contributed by atoms with Crippen LogP contribution >= 0.6 is 0 Å². The summed E-state index contributed by atoms with van der Waals surface area (Å²) in [6, 6.07) is 0. The van der Waals surface area contributed by atoms with E-state index in [0.717, 1.165) is 12.3 Å². The van der Waals surface area contributed by atoms with Gasteiger partial charge in [-0.15, -0.1) is 0 Å². The third kappa shape index (κ3) is 7.72. The Labute approximate surface area is 81.2 Å². The topological polar surface area (TPSA) is 43.1 Å². The summed E-state index contributed by atoms with van der Waals surface area (Å²) in [6.07, 6.45) is 8.21. The highest BCUT2D eigenvalue weighted by Crippen LogP contribution is 2.12. The van der Waals surface area contributed by atoms with Crippen LogP contribution < -0.4 is 5.73 Å². The summed E-state index contributed by atoms with van der Waals surface area (Å²) in [5, 5.41) is 0. The molecule has 0 aromatic carbocycles. The van der Waals surface area contributed by atoms with E-state index >= 15 is 0 Å². The lowest BCUT2D eigenvalue weighted by Crippen LogP contribution is -2.09. The molecule has 76 valence electrons. The molecule has 0 saturated carbocycles. The summed E-state index contributed by atoms with van der Waals surface area (Å²) in [5.74, 6) is 0.783. The van der Waals surface area contributed by atoms with Gasteiger partial charge in [-0.1, -0.05) is 32.8 Å². The molecule has 2 nitrogen and oxygen atoms in total. The first-order valence-electron chi connectivity index (χ1n) is 5.10. The summed E-state index contributed by atoms with van der Waals surface area (Å²) < 4.78 is 0. The summed E-state index contributed by atoms with van der Waals surface area (Å²) in [4.78, 5) is 10.8. The molecule has 0 amide bonds. The zero-order valence-electron chi connectivity index (χ0n) is 8.75. The van der Waals surface area contributed by atoms with Gasteiger partial charge >= 0.3 is 0 Å². The van der Waals surface area contributed by atoms with Crippen molar-refractivity contribution in [2.75, 3.05) is 6.54 Å². The van der Waals surface area contributed by atoms with E-state index in [-0.39, 0.29) is 12.3 Å². The molecule has 0 radical (unpaired) electrons. The van der Waals surface area contributed by atoms with Crippen molar-refractivity contribution in [1.29, 1.82) is 0 Å². The zero-order chi connectivity index (χ0) is 10.1. The van der Waals surface area contributed by atoms with Crippen LogP contribution in [0.3, 0.4) is 0 Å². The van der Waals surface area contributed by atoms with E-state index in [1.807, 2.05) is 6.08 Å². The van der Waals surface area contributed by atoms with Crippen molar-refractivity contribution in [3.05, 3.63) is 12.2 Å². The minimum absolute atomic E-state index is 0.0168. The molecule has 2 heteroatoms. The molecule has 0 aliphatic rings. The molecule has 0 aromatic heterocycles. The van der Waals surface area contributed by atoms with Gasteiger partial charge < -0.3 is 5.73 Å². The first-order chi connectivity index (χ1) is 6.20. The van der Waals surface area contributed by atoms with Crippen molar-refractivity contribution in [3.63, 3.8) is 0 Å². The van der Waals surface area contributed by atoms with Crippen LogP contribution in [0, 0.1) is 5.92 Å². The minimum atomic E-state index is 0.0168. The second kappa shape index (κ2) is 7.99. The summed E-state index contributed by atoms with van der Waals surface area (Å²) in [7, 11) is 0. The average molecular weight is 183 g/mol.